The molecule has 0 aromatic carbocycles. The first kappa shape index (κ1) is 7.56. The van der Waals surface area contributed by atoms with Crippen LogP contribution in [0.4, 0.5) is 0 Å². The second-order valence-electron chi connectivity index (χ2n) is 4.18. The fourth-order valence-corrected chi connectivity index (χ4v) is 2.24. The average Bonchev–Trinajstić information content (AvgIpc) is 2.41. The third-order valence-corrected chi connectivity index (χ3v) is 3.10. The van der Waals surface area contributed by atoms with E-state index in [-0.39, 0.29) is 6.10 Å². The van der Waals surface area contributed by atoms with E-state index >= 15 is 0 Å². The number of hydrogen-bond donors (Lipinski definition) is 1. The quantitative estimate of drug-likeness (QED) is 0.643. The van der Waals surface area contributed by atoms with E-state index in [9.17, 15) is 5.11 Å². The Bertz CT molecular complexity index is 146. The lowest BCUT2D eigenvalue weighted by Crippen LogP contribution is -2.21. The van der Waals surface area contributed by atoms with Crippen LogP contribution in [0.25, 0.3) is 0 Å². The second-order valence-corrected chi connectivity index (χ2v) is 4.18. The van der Waals surface area contributed by atoms with Crippen molar-refractivity contribution in [3.8, 4) is 0 Å². The van der Waals surface area contributed by atoms with Crippen LogP contribution in [0, 0.1) is 23.7 Å². The first-order chi connectivity index (χ1) is 5.22. The van der Waals surface area contributed by atoms with Crippen molar-refractivity contribution in [3.05, 3.63) is 0 Å². The zero-order valence-corrected chi connectivity index (χ0v) is 7.16. The van der Waals surface area contributed by atoms with Gasteiger partial charge in [-0.2, -0.15) is 0 Å². The summed E-state index contributed by atoms with van der Waals surface area (Å²) < 4.78 is 5.26. The van der Waals surface area contributed by atoms with Crippen LogP contribution in [0.15, 0.2) is 0 Å². The predicted octanol–water partition coefficient (Wildman–Crippen LogP) is 0.896. The Labute approximate surface area is 67.6 Å². The highest BCUT2D eigenvalue weighted by molar-refractivity contribution is 5.04. The Morgan fingerprint density at radius 3 is 2.27 bits per heavy atom. The number of aliphatic hydroxyl groups excluding tert-OH is 1. The van der Waals surface area contributed by atoms with Gasteiger partial charge in [-0.25, -0.2) is 0 Å². The van der Waals surface area contributed by atoms with Crippen LogP contribution in [0.5, 0.6) is 0 Å². The molecule has 2 rings (SSSR count). The van der Waals surface area contributed by atoms with Crippen molar-refractivity contribution in [2.24, 2.45) is 23.7 Å². The minimum absolute atomic E-state index is 0.0890. The molecule has 0 spiro atoms. The molecule has 1 saturated heterocycles. The predicted molar refractivity (Wildman–Crippen MR) is 42.1 cm³/mol. The van der Waals surface area contributed by atoms with Gasteiger partial charge in [-0.1, -0.05) is 13.8 Å². The van der Waals surface area contributed by atoms with E-state index in [0.717, 1.165) is 13.2 Å². The van der Waals surface area contributed by atoms with Gasteiger partial charge in [0.1, 0.15) is 0 Å². The molecule has 2 fully saturated rings. The SMILES string of the molecule is CC(C)C(O)C1C2COCC21. The highest BCUT2D eigenvalue weighted by Crippen LogP contribution is 2.53. The monoisotopic (exact) mass is 156 g/mol. The van der Waals surface area contributed by atoms with Crippen LogP contribution in [0.2, 0.25) is 0 Å². The molecule has 2 aliphatic rings. The van der Waals surface area contributed by atoms with Crippen molar-refractivity contribution < 1.29 is 9.84 Å². The highest BCUT2D eigenvalue weighted by atomic mass is 16.5. The smallest absolute Gasteiger partial charge is 0.0598 e. The maximum atomic E-state index is 9.72. The molecule has 0 bridgehead atoms. The Hall–Kier alpha value is -0.0800. The lowest BCUT2D eigenvalue weighted by atomic mass is 10.0. The van der Waals surface area contributed by atoms with E-state index in [0.29, 0.717) is 23.7 Å². The highest BCUT2D eigenvalue weighted by Gasteiger charge is 2.57. The minimum Gasteiger partial charge on any atom is -0.393 e. The van der Waals surface area contributed by atoms with Crippen LogP contribution in [-0.4, -0.2) is 24.4 Å². The summed E-state index contributed by atoms with van der Waals surface area (Å²) in [6.45, 7) is 5.94. The van der Waals surface area contributed by atoms with Crippen molar-refractivity contribution in [2.75, 3.05) is 13.2 Å². The lowest BCUT2D eigenvalue weighted by molar-refractivity contribution is 0.0601. The number of rotatable bonds is 2. The molecular weight excluding hydrogens is 140 g/mol. The fraction of sp³-hybridized carbons (Fsp3) is 1.00. The molecule has 0 amide bonds. The normalized spacial score (nSPS) is 44.2. The average molecular weight is 156 g/mol. The molecule has 1 heterocycles. The Morgan fingerprint density at radius 2 is 1.82 bits per heavy atom. The van der Waals surface area contributed by atoms with E-state index < -0.39 is 0 Å². The molecule has 64 valence electrons. The maximum absolute atomic E-state index is 9.72. The molecular formula is C9H16O2. The Balaban J connectivity index is 1.90. The number of aliphatic hydroxyl groups is 1. The molecule has 1 aliphatic heterocycles. The summed E-state index contributed by atoms with van der Waals surface area (Å²) in [6, 6.07) is 0. The number of ether oxygens (including phenoxy) is 1. The summed E-state index contributed by atoms with van der Waals surface area (Å²) >= 11 is 0. The Kier molecular flexibility index (Phi) is 1.69. The third-order valence-electron chi connectivity index (χ3n) is 3.10. The van der Waals surface area contributed by atoms with Gasteiger partial charge in [0.25, 0.3) is 0 Å². The van der Waals surface area contributed by atoms with Crippen molar-refractivity contribution in [1.29, 1.82) is 0 Å². The van der Waals surface area contributed by atoms with E-state index in [4.69, 9.17) is 4.74 Å². The molecule has 0 aromatic heterocycles. The Morgan fingerprint density at radius 1 is 1.27 bits per heavy atom. The van der Waals surface area contributed by atoms with Crippen molar-refractivity contribution >= 4 is 0 Å². The van der Waals surface area contributed by atoms with Crippen LogP contribution in [-0.2, 0) is 4.74 Å². The van der Waals surface area contributed by atoms with Gasteiger partial charge in [-0.05, 0) is 23.7 Å². The summed E-state index contributed by atoms with van der Waals surface area (Å²) in [7, 11) is 0. The fourth-order valence-electron chi connectivity index (χ4n) is 2.24. The largest absolute Gasteiger partial charge is 0.393 e. The summed E-state index contributed by atoms with van der Waals surface area (Å²) in [4.78, 5) is 0. The van der Waals surface area contributed by atoms with Crippen LogP contribution in [0.1, 0.15) is 13.8 Å². The summed E-state index contributed by atoms with van der Waals surface area (Å²) in [5.74, 6) is 2.34. The van der Waals surface area contributed by atoms with E-state index in [1.807, 2.05) is 0 Å². The molecule has 1 aliphatic carbocycles. The molecule has 2 nitrogen and oxygen atoms in total. The van der Waals surface area contributed by atoms with Gasteiger partial charge in [0, 0.05) is 0 Å². The minimum atomic E-state index is -0.0890. The number of hydrogen-bond acceptors (Lipinski definition) is 2. The van der Waals surface area contributed by atoms with E-state index in [1.165, 1.54) is 0 Å². The molecule has 1 saturated carbocycles. The van der Waals surface area contributed by atoms with Gasteiger partial charge in [0.15, 0.2) is 0 Å². The van der Waals surface area contributed by atoms with Crippen LogP contribution >= 0.6 is 0 Å². The first-order valence-electron chi connectivity index (χ1n) is 4.47. The molecule has 0 radical (unpaired) electrons. The summed E-state index contributed by atoms with van der Waals surface area (Å²) in [5.41, 5.74) is 0. The van der Waals surface area contributed by atoms with Crippen molar-refractivity contribution in [3.63, 3.8) is 0 Å². The molecule has 1 N–H and O–H groups in total. The topological polar surface area (TPSA) is 29.5 Å². The van der Waals surface area contributed by atoms with E-state index in [2.05, 4.69) is 13.8 Å². The van der Waals surface area contributed by atoms with Crippen molar-refractivity contribution in [1.82, 2.24) is 0 Å². The van der Waals surface area contributed by atoms with Gasteiger partial charge in [-0.3, -0.25) is 0 Å². The van der Waals surface area contributed by atoms with Crippen LogP contribution < -0.4 is 0 Å². The van der Waals surface area contributed by atoms with Gasteiger partial charge in [0.05, 0.1) is 19.3 Å². The molecule has 3 unspecified atom stereocenters. The molecule has 2 heteroatoms. The first-order valence-corrected chi connectivity index (χ1v) is 4.47. The lowest BCUT2D eigenvalue weighted by Gasteiger charge is -2.15. The summed E-state index contributed by atoms with van der Waals surface area (Å²) in [6.07, 6.45) is -0.0890. The molecule has 0 aromatic rings. The summed E-state index contributed by atoms with van der Waals surface area (Å²) in [5, 5.41) is 9.72. The third kappa shape index (κ3) is 1.09. The van der Waals surface area contributed by atoms with Crippen molar-refractivity contribution in [2.45, 2.75) is 20.0 Å². The standard InChI is InChI=1S/C9H16O2/c1-5(2)9(10)8-6-3-11-4-7(6)8/h5-10H,3-4H2,1-2H3. The van der Waals surface area contributed by atoms with Gasteiger partial charge < -0.3 is 9.84 Å². The van der Waals surface area contributed by atoms with Gasteiger partial charge >= 0.3 is 0 Å². The second kappa shape index (κ2) is 2.46. The van der Waals surface area contributed by atoms with Gasteiger partial charge in [0.2, 0.25) is 0 Å². The van der Waals surface area contributed by atoms with E-state index in [1.54, 1.807) is 0 Å². The maximum Gasteiger partial charge on any atom is 0.0598 e. The van der Waals surface area contributed by atoms with Crippen LogP contribution in [0.3, 0.4) is 0 Å². The number of fused-ring (bicyclic) bond motifs is 1. The molecule has 3 atom stereocenters. The zero-order chi connectivity index (χ0) is 8.01. The van der Waals surface area contributed by atoms with Gasteiger partial charge in [-0.15, -0.1) is 0 Å². The zero-order valence-electron chi connectivity index (χ0n) is 7.16. The molecule has 11 heavy (non-hydrogen) atoms.